The minimum Gasteiger partial charge on any atom is -0.313 e. The van der Waals surface area contributed by atoms with Gasteiger partial charge >= 0.3 is 0 Å². The van der Waals surface area contributed by atoms with Crippen LogP contribution in [0.15, 0.2) is 0 Å². The highest BCUT2D eigenvalue weighted by Crippen LogP contribution is 2.32. The standard InChI is InChI=1S/C13H26N2/c1-3-12-6-8-15(10-12)9-7-14-11(2)13-4-5-13/h11-14H,3-10H2,1-2H3. The van der Waals surface area contributed by atoms with Gasteiger partial charge in [-0.3, -0.25) is 0 Å². The van der Waals surface area contributed by atoms with Crippen LogP contribution in [-0.4, -0.2) is 37.1 Å². The van der Waals surface area contributed by atoms with Gasteiger partial charge in [0.2, 0.25) is 0 Å². The van der Waals surface area contributed by atoms with Crippen LogP contribution < -0.4 is 5.32 Å². The quantitative estimate of drug-likeness (QED) is 0.722. The Morgan fingerprint density at radius 1 is 1.33 bits per heavy atom. The third-order valence-corrected chi connectivity index (χ3v) is 4.17. The van der Waals surface area contributed by atoms with Crippen molar-refractivity contribution < 1.29 is 0 Å². The smallest absolute Gasteiger partial charge is 0.0107 e. The lowest BCUT2D eigenvalue weighted by molar-refractivity contribution is 0.312. The molecule has 2 aliphatic rings. The van der Waals surface area contributed by atoms with Gasteiger partial charge in [0, 0.05) is 25.7 Å². The van der Waals surface area contributed by atoms with Gasteiger partial charge in [-0.25, -0.2) is 0 Å². The Labute approximate surface area is 94.4 Å². The summed E-state index contributed by atoms with van der Waals surface area (Å²) >= 11 is 0. The zero-order chi connectivity index (χ0) is 10.7. The molecular weight excluding hydrogens is 184 g/mol. The summed E-state index contributed by atoms with van der Waals surface area (Å²) in [6.07, 6.45) is 5.70. The summed E-state index contributed by atoms with van der Waals surface area (Å²) in [6.45, 7) is 9.79. The lowest BCUT2D eigenvalue weighted by atomic mass is 10.1. The highest BCUT2D eigenvalue weighted by atomic mass is 15.2. The molecule has 2 unspecified atom stereocenters. The van der Waals surface area contributed by atoms with E-state index < -0.39 is 0 Å². The molecule has 1 saturated carbocycles. The molecule has 1 saturated heterocycles. The Kier molecular flexibility index (Phi) is 4.04. The fraction of sp³-hybridized carbons (Fsp3) is 1.00. The molecule has 0 aromatic carbocycles. The first-order valence-electron chi connectivity index (χ1n) is 6.75. The molecule has 2 heteroatoms. The molecule has 88 valence electrons. The molecule has 1 heterocycles. The topological polar surface area (TPSA) is 15.3 Å². The van der Waals surface area contributed by atoms with Crippen LogP contribution in [0.1, 0.15) is 39.5 Å². The third-order valence-electron chi connectivity index (χ3n) is 4.17. The van der Waals surface area contributed by atoms with Gasteiger partial charge < -0.3 is 10.2 Å². The minimum atomic E-state index is 0.759. The molecule has 2 fully saturated rings. The summed E-state index contributed by atoms with van der Waals surface area (Å²) in [4.78, 5) is 2.63. The Balaban J connectivity index is 1.54. The summed E-state index contributed by atoms with van der Waals surface area (Å²) < 4.78 is 0. The Hall–Kier alpha value is -0.0800. The third kappa shape index (κ3) is 3.46. The molecule has 2 rings (SSSR count). The molecule has 2 atom stereocenters. The van der Waals surface area contributed by atoms with Crippen LogP contribution in [0.5, 0.6) is 0 Å². The van der Waals surface area contributed by atoms with Gasteiger partial charge in [-0.2, -0.15) is 0 Å². The molecule has 0 spiro atoms. The van der Waals surface area contributed by atoms with Gasteiger partial charge in [-0.05, 0) is 44.6 Å². The zero-order valence-corrected chi connectivity index (χ0v) is 10.3. The maximum absolute atomic E-state index is 3.66. The fourth-order valence-electron chi connectivity index (χ4n) is 2.66. The Morgan fingerprint density at radius 3 is 2.73 bits per heavy atom. The normalized spacial score (nSPS) is 29.6. The number of hydrogen-bond donors (Lipinski definition) is 1. The summed E-state index contributed by atoms with van der Waals surface area (Å²) in [7, 11) is 0. The van der Waals surface area contributed by atoms with E-state index in [1.807, 2.05) is 0 Å². The van der Waals surface area contributed by atoms with Crippen LogP contribution >= 0.6 is 0 Å². The van der Waals surface area contributed by atoms with Crippen LogP contribution in [0.25, 0.3) is 0 Å². The van der Waals surface area contributed by atoms with Crippen molar-refractivity contribution in [3.05, 3.63) is 0 Å². The summed E-state index contributed by atoms with van der Waals surface area (Å²) in [6, 6.07) is 0.759. The van der Waals surface area contributed by atoms with Crippen molar-refractivity contribution in [1.82, 2.24) is 10.2 Å². The molecular formula is C13H26N2. The first-order valence-corrected chi connectivity index (χ1v) is 6.75. The largest absolute Gasteiger partial charge is 0.313 e. The average Bonchev–Trinajstić information content (AvgIpc) is 2.99. The predicted molar refractivity (Wildman–Crippen MR) is 65.0 cm³/mol. The SMILES string of the molecule is CCC1CCN(CCNC(C)C2CC2)C1. The summed E-state index contributed by atoms with van der Waals surface area (Å²) in [5.74, 6) is 1.97. The molecule has 15 heavy (non-hydrogen) atoms. The molecule has 0 bridgehead atoms. The van der Waals surface area contributed by atoms with Crippen molar-refractivity contribution in [3.8, 4) is 0 Å². The van der Waals surface area contributed by atoms with E-state index in [-0.39, 0.29) is 0 Å². The van der Waals surface area contributed by atoms with Gasteiger partial charge in [-0.15, -0.1) is 0 Å². The number of nitrogens with zero attached hydrogens (tertiary/aromatic N) is 1. The van der Waals surface area contributed by atoms with E-state index in [2.05, 4.69) is 24.1 Å². The van der Waals surface area contributed by atoms with Crippen LogP contribution in [0.4, 0.5) is 0 Å². The molecule has 0 aromatic heterocycles. The predicted octanol–water partition coefficient (Wildman–Crippen LogP) is 2.11. The van der Waals surface area contributed by atoms with Crippen molar-refractivity contribution in [3.63, 3.8) is 0 Å². The van der Waals surface area contributed by atoms with E-state index in [9.17, 15) is 0 Å². The first-order chi connectivity index (χ1) is 7.29. The molecule has 1 N–H and O–H groups in total. The lowest BCUT2D eigenvalue weighted by Gasteiger charge is -2.18. The van der Waals surface area contributed by atoms with Gasteiger partial charge in [0.1, 0.15) is 0 Å². The number of rotatable bonds is 6. The number of nitrogens with one attached hydrogen (secondary N) is 1. The maximum Gasteiger partial charge on any atom is 0.0107 e. The lowest BCUT2D eigenvalue weighted by Crippen LogP contribution is -2.36. The van der Waals surface area contributed by atoms with Crippen molar-refractivity contribution in [1.29, 1.82) is 0 Å². The van der Waals surface area contributed by atoms with Crippen LogP contribution in [0, 0.1) is 11.8 Å². The zero-order valence-electron chi connectivity index (χ0n) is 10.3. The highest BCUT2D eigenvalue weighted by molar-refractivity contribution is 4.83. The second-order valence-electron chi connectivity index (χ2n) is 5.44. The highest BCUT2D eigenvalue weighted by Gasteiger charge is 2.27. The van der Waals surface area contributed by atoms with Crippen molar-refractivity contribution >= 4 is 0 Å². The molecule has 0 radical (unpaired) electrons. The van der Waals surface area contributed by atoms with Crippen molar-refractivity contribution in [2.45, 2.75) is 45.6 Å². The first kappa shape index (κ1) is 11.4. The number of hydrogen-bond acceptors (Lipinski definition) is 2. The summed E-state index contributed by atoms with van der Waals surface area (Å²) in [5.41, 5.74) is 0. The van der Waals surface area contributed by atoms with E-state index in [4.69, 9.17) is 0 Å². The minimum absolute atomic E-state index is 0.759. The average molecular weight is 210 g/mol. The van der Waals surface area contributed by atoms with Crippen molar-refractivity contribution in [2.75, 3.05) is 26.2 Å². The van der Waals surface area contributed by atoms with Gasteiger partial charge in [-0.1, -0.05) is 13.3 Å². The van der Waals surface area contributed by atoms with E-state index in [0.717, 1.165) is 17.9 Å². The summed E-state index contributed by atoms with van der Waals surface area (Å²) in [5, 5.41) is 3.66. The fourth-order valence-corrected chi connectivity index (χ4v) is 2.66. The van der Waals surface area contributed by atoms with E-state index in [1.165, 1.54) is 51.9 Å². The molecule has 1 aliphatic carbocycles. The van der Waals surface area contributed by atoms with Crippen LogP contribution in [0.3, 0.4) is 0 Å². The van der Waals surface area contributed by atoms with Crippen molar-refractivity contribution in [2.24, 2.45) is 11.8 Å². The van der Waals surface area contributed by atoms with Gasteiger partial charge in [0.05, 0.1) is 0 Å². The van der Waals surface area contributed by atoms with Crippen LogP contribution in [-0.2, 0) is 0 Å². The molecule has 0 aromatic rings. The molecule has 1 aliphatic heterocycles. The Bertz CT molecular complexity index is 189. The second kappa shape index (κ2) is 5.31. The maximum atomic E-state index is 3.66. The van der Waals surface area contributed by atoms with E-state index in [0.29, 0.717) is 0 Å². The van der Waals surface area contributed by atoms with E-state index in [1.54, 1.807) is 0 Å². The number of likely N-dealkylation sites (tertiary alicyclic amines) is 1. The van der Waals surface area contributed by atoms with Gasteiger partial charge in [0.15, 0.2) is 0 Å². The molecule has 2 nitrogen and oxygen atoms in total. The van der Waals surface area contributed by atoms with E-state index >= 15 is 0 Å². The van der Waals surface area contributed by atoms with Gasteiger partial charge in [0.25, 0.3) is 0 Å². The Morgan fingerprint density at radius 2 is 2.13 bits per heavy atom. The monoisotopic (exact) mass is 210 g/mol. The molecule has 0 amide bonds. The second-order valence-corrected chi connectivity index (χ2v) is 5.44. The van der Waals surface area contributed by atoms with Crippen LogP contribution in [0.2, 0.25) is 0 Å².